The Morgan fingerprint density at radius 1 is 1.35 bits per heavy atom. The molecule has 2 heterocycles. The second-order valence-electron chi connectivity index (χ2n) is 4.09. The summed E-state index contributed by atoms with van der Waals surface area (Å²) < 4.78 is 22.7. The van der Waals surface area contributed by atoms with Crippen molar-refractivity contribution in [3.8, 4) is 0 Å². The Labute approximate surface area is 101 Å². The second-order valence-corrected chi connectivity index (χ2v) is 6.39. The zero-order valence-electron chi connectivity index (χ0n) is 9.97. The molecule has 1 aliphatic heterocycles. The first-order chi connectivity index (χ1) is 8.02. The van der Waals surface area contributed by atoms with Crippen LogP contribution in [0.2, 0.25) is 0 Å². The number of rotatable bonds is 2. The minimum absolute atomic E-state index is 0.200. The third-order valence-corrected chi connectivity index (χ3v) is 4.42. The quantitative estimate of drug-likeness (QED) is 0.806. The molecule has 6 nitrogen and oxygen atoms in total. The molecule has 1 saturated heterocycles. The lowest BCUT2D eigenvalue weighted by atomic mass is 10.3. The van der Waals surface area contributed by atoms with Gasteiger partial charge in [0.25, 0.3) is 0 Å². The van der Waals surface area contributed by atoms with Gasteiger partial charge >= 0.3 is 0 Å². The first-order valence-corrected chi connectivity index (χ1v) is 7.31. The van der Waals surface area contributed by atoms with Crippen molar-refractivity contribution in [2.24, 2.45) is 0 Å². The van der Waals surface area contributed by atoms with Crippen molar-refractivity contribution in [1.29, 1.82) is 0 Å². The zero-order chi connectivity index (χ0) is 12.5. The lowest BCUT2D eigenvalue weighted by Crippen LogP contribution is -2.41. The van der Waals surface area contributed by atoms with Crippen LogP contribution in [0.1, 0.15) is 5.56 Å². The smallest absolute Gasteiger partial charge is 0.224 e. The molecule has 0 saturated carbocycles. The number of nitrogens with zero attached hydrogens (tertiary/aromatic N) is 3. The topological polar surface area (TPSA) is 75.2 Å². The van der Waals surface area contributed by atoms with E-state index in [2.05, 4.69) is 15.3 Å². The highest BCUT2D eigenvalue weighted by Gasteiger charge is 2.23. The summed E-state index contributed by atoms with van der Waals surface area (Å²) in [7, 11) is -1.09. The highest BCUT2D eigenvalue weighted by Crippen LogP contribution is 2.19. The van der Waals surface area contributed by atoms with E-state index >= 15 is 0 Å². The van der Waals surface area contributed by atoms with Gasteiger partial charge in [-0.25, -0.2) is 13.4 Å². The predicted octanol–water partition coefficient (Wildman–Crippen LogP) is 0.0615. The summed E-state index contributed by atoms with van der Waals surface area (Å²) in [4.78, 5) is 10.5. The average molecular weight is 256 g/mol. The van der Waals surface area contributed by atoms with E-state index in [0.29, 0.717) is 19.0 Å². The molecule has 0 amide bonds. The Bertz CT molecular complexity index is 501. The Morgan fingerprint density at radius 3 is 2.59 bits per heavy atom. The molecule has 17 heavy (non-hydrogen) atoms. The number of sulfone groups is 1. The Balaban J connectivity index is 2.23. The number of anilines is 2. The summed E-state index contributed by atoms with van der Waals surface area (Å²) in [5.74, 6) is 1.77. The van der Waals surface area contributed by atoms with Gasteiger partial charge in [0.1, 0.15) is 5.82 Å². The zero-order valence-corrected chi connectivity index (χ0v) is 10.8. The van der Waals surface area contributed by atoms with Gasteiger partial charge in [0.2, 0.25) is 5.95 Å². The second kappa shape index (κ2) is 4.48. The van der Waals surface area contributed by atoms with E-state index in [0.717, 1.165) is 11.4 Å². The fourth-order valence-electron chi connectivity index (χ4n) is 1.80. The van der Waals surface area contributed by atoms with E-state index in [1.165, 1.54) is 0 Å². The number of hydrogen-bond donors (Lipinski definition) is 1. The number of nitrogens with one attached hydrogen (secondary N) is 1. The minimum Gasteiger partial charge on any atom is -0.357 e. The van der Waals surface area contributed by atoms with Crippen LogP contribution in [0.5, 0.6) is 0 Å². The monoisotopic (exact) mass is 256 g/mol. The average Bonchev–Trinajstić information content (AvgIpc) is 2.30. The molecule has 1 aromatic heterocycles. The van der Waals surface area contributed by atoms with Gasteiger partial charge in [-0.3, -0.25) is 0 Å². The van der Waals surface area contributed by atoms with Crippen LogP contribution >= 0.6 is 0 Å². The fraction of sp³-hybridized carbons (Fsp3) is 0.600. The van der Waals surface area contributed by atoms with Crippen molar-refractivity contribution < 1.29 is 8.42 Å². The molecule has 7 heteroatoms. The van der Waals surface area contributed by atoms with Crippen LogP contribution in [0.4, 0.5) is 11.8 Å². The SMILES string of the molecule is CNc1ncc(C)c(N2CCS(=O)(=O)CC2)n1. The van der Waals surface area contributed by atoms with Crippen LogP contribution in [0.3, 0.4) is 0 Å². The van der Waals surface area contributed by atoms with Gasteiger partial charge in [0.15, 0.2) is 9.84 Å². The molecule has 94 valence electrons. The van der Waals surface area contributed by atoms with Gasteiger partial charge in [0, 0.05) is 31.9 Å². The van der Waals surface area contributed by atoms with Gasteiger partial charge < -0.3 is 10.2 Å². The number of aromatic nitrogens is 2. The highest BCUT2D eigenvalue weighted by molar-refractivity contribution is 7.91. The molecule has 0 bridgehead atoms. The largest absolute Gasteiger partial charge is 0.357 e. The molecule has 1 fully saturated rings. The summed E-state index contributed by atoms with van der Waals surface area (Å²) in [5.41, 5.74) is 0.961. The standard InChI is InChI=1S/C10H16N4O2S/c1-8-7-12-10(11-2)13-9(8)14-3-5-17(15,16)6-4-14/h7H,3-6H2,1-2H3,(H,11,12,13). The minimum atomic E-state index is -2.85. The van der Waals surface area contributed by atoms with Crippen molar-refractivity contribution >= 4 is 21.6 Å². The molecule has 1 aliphatic rings. The summed E-state index contributed by atoms with van der Waals surface area (Å²) in [5, 5.41) is 2.88. The van der Waals surface area contributed by atoms with Crippen LogP contribution in [0.15, 0.2) is 6.20 Å². The Morgan fingerprint density at radius 2 is 2.00 bits per heavy atom. The van der Waals surface area contributed by atoms with Crippen LogP contribution in [-0.4, -0.2) is 50.0 Å². The highest BCUT2D eigenvalue weighted by atomic mass is 32.2. The van der Waals surface area contributed by atoms with Gasteiger partial charge in [-0.05, 0) is 6.92 Å². The van der Waals surface area contributed by atoms with E-state index in [1.54, 1.807) is 13.2 Å². The lowest BCUT2D eigenvalue weighted by Gasteiger charge is -2.28. The van der Waals surface area contributed by atoms with E-state index in [9.17, 15) is 8.42 Å². The number of aryl methyl sites for hydroxylation is 1. The molecule has 1 N–H and O–H groups in total. The normalized spacial score (nSPS) is 19.1. The van der Waals surface area contributed by atoms with Gasteiger partial charge in [-0.15, -0.1) is 0 Å². The summed E-state index contributed by atoms with van der Waals surface area (Å²) in [6.07, 6.45) is 1.75. The predicted molar refractivity (Wildman–Crippen MR) is 67.2 cm³/mol. The van der Waals surface area contributed by atoms with E-state index in [4.69, 9.17) is 0 Å². The first-order valence-electron chi connectivity index (χ1n) is 5.48. The molecule has 1 aromatic rings. The molecule has 0 atom stereocenters. The maximum absolute atomic E-state index is 11.4. The van der Waals surface area contributed by atoms with Crippen molar-refractivity contribution in [2.75, 3.05) is 41.9 Å². The van der Waals surface area contributed by atoms with Gasteiger partial charge in [-0.1, -0.05) is 0 Å². The lowest BCUT2D eigenvalue weighted by molar-refractivity contribution is 0.586. The summed E-state index contributed by atoms with van der Waals surface area (Å²) in [6, 6.07) is 0. The number of hydrogen-bond acceptors (Lipinski definition) is 6. The molecular formula is C10H16N4O2S. The summed E-state index contributed by atoms with van der Waals surface area (Å²) in [6.45, 7) is 2.94. The van der Waals surface area contributed by atoms with Crippen molar-refractivity contribution in [3.05, 3.63) is 11.8 Å². The third-order valence-electron chi connectivity index (χ3n) is 2.81. The fourth-order valence-corrected chi connectivity index (χ4v) is 3.00. The molecule has 0 aliphatic carbocycles. The van der Waals surface area contributed by atoms with E-state index in [1.807, 2.05) is 11.8 Å². The van der Waals surface area contributed by atoms with Crippen LogP contribution in [0.25, 0.3) is 0 Å². The van der Waals surface area contributed by atoms with Crippen LogP contribution in [-0.2, 0) is 9.84 Å². The molecule has 0 radical (unpaired) electrons. The van der Waals surface area contributed by atoms with Gasteiger partial charge in [-0.2, -0.15) is 4.98 Å². The van der Waals surface area contributed by atoms with Crippen LogP contribution in [0, 0.1) is 6.92 Å². The Kier molecular flexibility index (Phi) is 3.19. The van der Waals surface area contributed by atoms with Crippen molar-refractivity contribution in [1.82, 2.24) is 9.97 Å². The molecular weight excluding hydrogens is 240 g/mol. The Hall–Kier alpha value is -1.37. The molecule has 0 aromatic carbocycles. The first kappa shape index (κ1) is 12.1. The van der Waals surface area contributed by atoms with Crippen molar-refractivity contribution in [3.63, 3.8) is 0 Å². The summed E-state index contributed by atoms with van der Waals surface area (Å²) >= 11 is 0. The van der Waals surface area contributed by atoms with Crippen molar-refractivity contribution in [2.45, 2.75) is 6.92 Å². The molecule has 2 rings (SSSR count). The van der Waals surface area contributed by atoms with Gasteiger partial charge in [0.05, 0.1) is 11.5 Å². The molecule has 0 spiro atoms. The van der Waals surface area contributed by atoms with E-state index in [-0.39, 0.29) is 11.5 Å². The van der Waals surface area contributed by atoms with E-state index < -0.39 is 9.84 Å². The third kappa shape index (κ3) is 2.66. The maximum atomic E-state index is 11.4. The molecule has 0 unspecified atom stereocenters. The van der Waals surface area contributed by atoms with Crippen LogP contribution < -0.4 is 10.2 Å². The maximum Gasteiger partial charge on any atom is 0.224 e.